The van der Waals surface area contributed by atoms with E-state index in [-0.39, 0.29) is 0 Å². The summed E-state index contributed by atoms with van der Waals surface area (Å²) >= 11 is 0. The standard InChI is InChI=1S/C18H27N3O/c1-16(2)21(13-18-12-19-15-20(18)3)10-7-11-22-14-17-8-5-4-6-9-17/h4-6,8-9,12,15-16H,7,10-11,13-14H2,1-3H3. The van der Waals surface area contributed by atoms with Crippen LogP contribution in [-0.2, 0) is 24.9 Å². The first-order valence-corrected chi connectivity index (χ1v) is 7.97. The normalized spacial score (nSPS) is 11.5. The Morgan fingerprint density at radius 2 is 2.00 bits per heavy atom. The van der Waals surface area contributed by atoms with Gasteiger partial charge in [0.25, 0.3) is 0 Å². The van der Waals surface area contributed by atoms with Crippen molar-refractivity contribution in [3.8, 4) is 0 Å². The highest BCUT2D eigenvalue weighted by Gasteiger charge is 2.11. The van der Waals surface area contributed by atoms with E-state index in [1.807, 2.05) is 37.8 Å². The number of rotatable bonds is 9. The van der Waals surface area contributed by atoms with E-state index in [0.29, 0.717) is 12.6 Å². The maximum Gasteiger partial charge on any atom is 0.0945 e. The van der Waals surface area contributed by atoms with Crippen molar-refractivity contribution in [1.82, 2.24) is 14.5 Å². The number of hydrogen-bond acceptors (Lipinski definition) is 3. The number of hydrogen-bond donors (Lipinski definition) is 0. The Labute approximate surface area is 133 Å². The molecule has 0 amide bonds. The molecule has 0 N–H and O–H groups in total. The molecule has 0 fully saturated rings. The molecular weight excluding hydrogens is 274 g/mol. The summed E-state index contributed by atoms with van der Waals surface area (Å²) in [5, 5.41) is 0. The summed E-state index contributed by atoms with van der Waals surface area (Å²) in [6, 6.07) is 10.8. The van der Waals surface area contributed by atoms with Crippen molar-refractivity contribution in [2.24, 2.45) is 7.05 Å². The van der Waals surface area contributed by atoms with Gasteiger partial charge in [-0.15, -0.1) is 0 Å². The van der Waals surface area contributed by atoms with E-state index in [2.05, 4.69) is 40.4 Å². The molecule has 0 aliphatic rings. The molecule has 1 heterocycles. The number of aromatic nitrogens is 2. The molecule has 0 atom stereocenters. The average Bonchev–Trinajstić information content (AvgIpc) is 2.92. The molecule has 4 nitrogen and oxygen atoms in total. The van der Waals surface area contributed by atoms with E-state index >= 15 is 0 Å². The number of aryl methyl sites for hydroxylation is 1. The zero-order valence-electron chi connectivity index (χ0n) is 13.9. The van der Waals surface area contributed by atoms with Gasteiger partial charge >= 0.3 is 0 Å². The van der Waals surface area contributed by atoms with Gasteiger partial charge in [0, 0.05) is 39.0 Å². The van der Waals surface area contributed by atoms with E-state index in [1.54, 1.807) is 0 Å². The SMILES string of the molecule is CC(C)N(CCCOCc1ccccc1)Cc1cncn1C. The van der Waals surface area contributed by atoms with Crippen LogP contribution in [0.3, 0.4) is 0 Å². The van der Waals surface area contributed by atoms with Crippen LogP contribution in [0.15, 0.2) is 42.9 Å². The van der Waals surface area contributed by atoms with E-state index in [0.717, 1.165) is 26.1 Å². The van der Waals surface area contributed by atoms with Crippen molar-refractivity contribution < 1.29 is 4.74 Å². The molecule has 4 heteroatoms. The Kier molecular flexibility index (Phi) is 6.62. The first-order valence-electron chi connectivity index (χ1n) is 7.97. The van der Waals surface area contributed by atoms with Crippen molar-refractivity contribution in [3.05, 3.63) is 54.1 Å². The van der Waals surface area contributed by atoms with E-state index in [1.165, 1.54) is 11.3 Å². The van der Waals surface area contributed by atoms with Crippen LogP contribution in [-0.4, -0.2) is 33.6 Å². The molecule has 2 aromatic rings. The molecule has 0 unspecified atom stereocenters. The van der Waals surface area contributed by atoms with Crippen molar-refractivity contribution in [1.29, 1.82) is 0 Å². The molecule has 0 saturated carbocycles. The smallest absolute Gasteiger partial charge is 0.0945 e. The largest absolute Gasteiger partial charge is 0.377 e. The number of ether oxygens (including phenoxy) is 1. The minimum Gasteiger partial charge on any atom is -0.377 e. The Morgan fingerprint density at radius 1 is 1.23 bits per heavy atom. The van der Waals surface area contributed by atoms with Crippen molar-refractivity contribution >= 4 is 0 Å². The zero-order valence-corrected chi connectivity index (χ0v) is 13.9. The predicted molar refractivity (Wildman–Crippen MR) is 89.5 cm³/mol. The maximum atomic E-state index is 5.76. The molecular formula is C18H27N3O. The molecule has 1 aromatic heterocycles. The van der Waals surface area contributed by atoms with Crippen molar-refractivity contribution in [2.75, 3.05) is 13.2 Å². The highest BCUT2D eigenvalue weighted by atomic mass is 16.5. The second kappa shape index (κ2) is 8.71. The lowest BCUT2D eigenvalue weighted by Gasteiger charge is -2.26. The Bertz CT molecular complexity index is 536. The summed E-state index contributed by atoms with van der Waals surface area (Å²) in [5.41, 5.74) is 2.48. The minimum absolute atomic E-state index is 0.518. The Hall–Kier alpha value is -1.65. The molecule has 0 bridgehead atoms. The zero-order chi connectivity index (χ0) is 15.8. The van der Waals surface area contributed by atoms with Gasteiger partial charge in [0.15, 0.2) is 0 Å². The van der Waals surface area contributed by atoms with Gasteiger partial charge in [-0.3, -0.25) is 4.90 Å². The number of benzene rings is 1. The molecule has 0 aliphatic heterocycles. The van der Waals surface area contributed by atoms with E-state index in [9.17, 15) is 0 Å². The fourth-order valence-electron chi connectivity index (χ4n) is 2.40. The summed E-state index contributed by atoms with van der Waals surface area (Å²) in [7, 11) is 2.05. The van der Waals surface area contributed by atoms with E-state index in [4.69, 9.17) is 4.74 Å². The summed E-state index contributed by atoms with van der Waals surface area (Å²) < 4.78 is 7.85. The molecule has 1 aromatic carbocycles. The lowest BCUT2D eigenvalue weighted by Crippen LogP contribution is -2.32. The highest BCUT2D eigenvalue weighted by Crippen LogP contribution is 2.08. The van der Waals surface area contributed by atoms with Gasteiger partial charge in [-0.2, -0.15) is 0 Å². The van der Waals surface area contributed by atoms with Crippen molar-refractivity contribution in [2.45, 2.75) is 39.5 Å². The quantitative estimate of drug-likeness (QED) is 0.666. The summed E-state index contributed by atoms with van der Waals surface area (Å²) in [5.74, 6) is 0. The molecule has 0 radical (unpaired) electrons. The molecule has 0 saturated heterocycles. The Morgan fingerprint density at radius 3 is 2.64 bits per heavy atom. The van der Waals surface area contributed by atoms with Crippen LogP contribution in [0.1, 0.15) is 31.5 Å². The molecule has 0 spiro atoms. The third-order valence-electron chi connectivity index (χ3n) is 3.86. The predicted octanol–water partition coefficient (Wildman–Crippen LogP) is 3.24. The monoisotopic (exact) mass is 301 g/mol. The van der Waals surface area contributed by atoms with Gasteiger partial charge in [-0.05, 0) is 25.8 Å². The van der Waals surface area contributed by atoms with Gasteiger partial charge < -0.3 is 9.30 Å². The first kappa shape index (κ1) is 16.7. The number of nitrogens with zero attached hydrogens (tertiary/aromatic N) is 3. The van der Waals surface area contributed by atoms with Crippen molar-refractivity contribution in [3.63, 3.8) is 0 Å². The third-order valence-corrected chi connectivity index (χ3v) is 3.86. The average molecular weight is 301 g/mol. The second-order valence-corrected chi connectivity index (χ2v) is 5.95. The topological polar surface area (TPSA) is 30.3 Å². The second-order valence-electron chi connectivity index (χ2n) is 5.95. The lowest BCUT2D eigenvalue weighted by molar-refractivity contribution is 0.102. The maximum absolute atomic E-state index is 5.76. The fraction of sp³-hybridized carbons (Fsp3) is 0.500. The summed E-state index contributed by atoms with van der Waals surface area (Å²) in [6.07, 6.45) is 4.85. The van der Waals surface area contributed by atoms with Crippen LogP contribution in [0, 0.1) is 0 Å². The van der Waals surface area contributed by atoms with Crippen LogP contribution in [0.2, 0.25) is 0 Å². The molecule has 22 heavy (non-hydrogen) atoms. The Balaban J connectivity index is 1.70. The van der Waals surface area contributed by atoms with Crippen LogP contribution >= 0.6 is 0 Å². The van der Waals surface area contributed by atoms with E-state index < -0.39 is 0 Å². The van der Waals surface area contributed by atoms with Gasteiger partial charge in [-0.25, -0.2) is 4.98 Å². The van der Waals surface area contributed by atoms with Crippen LogP contribution in [0.25, 0.3) is 0 Å². The summed E-state index contributed by atoms with van der Waals surface area (Å²) in [4.78, 5) is 6.65. The van der Waals surface area contributed by atoms with Gasteiger partial charge in [-0.1, -0.05) is 30.3 Å². The lowest BCUT2D eigenvalue weighted by atomic mass is 10.2. The molecule has 2 rings (SSSR count). The van der Waals surface area contributed by atoms with Crippen LogP contribution < -0.4 is 0 Å². The first-order chi connectivity index (χ1) is 10.7. The summed E-state index contributed by atoms with van der Waals surface area (Å²) in [6.45, 7) is 7.95. The van der Waals surface area contributed by atoms with Gasteiger partial charge in [0.1, 0.15) is 0 Å². The molecule has 0 aliphatic carbocycles. The third kappa shape index (κ3) is 5.28. The minimum atomic E-state index is 0.518. The van der Waals surface area contributed by atoms with Crippen LogP contribution in [0.4, 0.5) is 0 Å². The number of imidazole rings is 1. The fourth-order valence-corrected chi connectivity index (χ4v) is 2.40. The highest BCUT2D eigenvalue weighted by molar-refractivity contribution is 5.13. The van der Waals surface area contributed by atoms with Gasteiger partial charge in [0.05, 0.1) is 18.6 Å². The molecule has 120 valence electrons. The van der Waals surface area contributed by atoms with Crippen LogP contribution in [0.5, 0.6) is 0 Å². The van der Waals surface area contributed by atoms with Gasteiger partial charge in [0.2, 0.25) is 0 Å².